The quantitative estimate of drug-likeness (QED) is 0.869. The molecular weight excluding hydrogens is 296 g/mol. The molecule has 0 aromatic carbocycles. The van der Waals surface area contributed by atoms with Gasteiger partial charge in [-0.05, 0) is 25.2 Å². The summed E-state index contributed by atoms with van der Waals surface area (Å²) in [5.74, 6) is 0.490. The van der Waals surface area contributed by atoms with E-state index in [2.05, 4.69) is 26.4 Å². The molecule has 5 heteroatoms. The summed E-state index contributed by atoms with van der Waals surface area (Å²) in [7, 11) is 0. The first-order chi connectivity index (χ1) is 8.67. The fourth-order valence-corrected chi connectivity index (χ4v) is 3.30. The molecule has 4 nitrogen and oxygen atoms in total. The fraction of sp³-hybridized carbons (Fsp3) is 0.692. The summed E-state index contributed by atoms with van der Waals surface area (Å²) in [5.41, 5.74) is 0.759. The zero-order chi connectivity index (χ0) is 13.0. The number of nitrogens with zero attached hydrogens (tertiary/aromatic N) is 1. The number of aromatic nitrogens is 1. The Kier molecular flexibility index (Phi) is 4.43. The molecule has 1 aromatic heterocycles. The molecule has 1 aliphatic carbocycles. The zero-order valence-corrected chi connectivity index (χ0v) is 12.3. The standard InChI is InChI=1S/C13H19BrN2O2/c1-10-11(7-16-18-10)12(17)15-9-13(8-14)5-3-2-4-6-13/h7H,2-6,8-9H2,1H3,(H,15,17). The average Bonchev–Trinajstić information content (AvgIpc) is 2.83. The maximum atomic E-state index is 12.0. The Bertz CT molecular complexity index is 411. The minimum atomic E-state index is -0.0837. The van der Waals surface area contributed by atoms with E-state index in [9.17, 15) is 4.79 Å². The first-order valence-corrected chi connectivity index (χ1v) is 7.54. The van der Waals surface area contributed by atoms with Gasteiger partial charge >= 0.3 is 0 Å². The van der Waals surface area contributed by atoms with E-state index in [0.717, 1.165) is 11.9 Å². The predicted molar refractivity (Wildman–Crippen MR) is 72.9 cm³/mol. The van der Waals surface area contributed by atoms with Crippen LogP contribution in [0.25, 0.3) is 0 Å². The molecule has 0 radical (unpaired) electrons. The minimum absolute atomic E-state index is 0.0837. The molecule has 100 valence electrons. The Labute approximate surface area is 116 Å². The summed E-state index contributed by atoms with van der Waals surface area (Å²) >= 11 is 3.60. The fourth-order valence-electron chi connectivity index (χ4n) is 2.54. The van der Waals surface area contributed by atoms with E-state index in [-0.39, 0.29) is 11.3 Å². The van der Waals surface area contributed by atoms with Crippen LogP contribution in [0.2, 0.25) is 0 Å². The molecule has 1 heterocycles. The van der Waals surface area contributed by atoms with Crippen molar-refractivity contribution in [3.8, 4) is 0 Å². The number of hydrogen-bond acceptors (Lipinski definition) is 3. The minimum Gasteiger partial charge on any atom is -0.361 e. The van der Waals surface area contributed by atoms with Crippen LogP contribution in [0.15, 0.2) is 10.7 Å². The highest BCUT2D eigenvalue weighted by atomic mass is 79.9. The van der Waals surface area contributed by atoms with Crippen molar-refractivity contribution in [1.29, 1.82) is 0 Å². The maximum absolute atomic E-state index is 12.0. The SMILES string of the molecule is Cc1oncc1C(=O)NCC1(CBr)CCCCC1. The summed E-state index contributed by atoms with van der Waals surface area (Å²) in [6, 6.07) is 0. The van der Waals surface area contributed by atoms with Gasteiger partial charge in [-0.2, -0.15) is 0 Å². The Morgan fingerprint density at radius 1 is 1.50 bits per heavy atom. The summed E-state index contributed by atoms with van der Waals surface area (Å²) < 4.78 is 4.91. The zero-order valence-electron chi connectivity index (χ0n) is 10.7. The number of alkyl halides is 1. The van der Waals surface area contributed by atoms with Crippen LogP contribution in [0.1, 0.15) is 48.2 Å². The van der Waals surface area contributed by atoms with Gasteiger partial charge < -0.3 is 9.84 Å². The van der Waals surface area contributed by atoms with Crippen molar-refractivity contribution in [2.24, 2.45) is 5.41 Å². The third kappa shape index (κ3) is 2.94. The molecule has 0 bridgehead atoms. The van der Waals surface area contributed by atoms with E-state index in [1.165, 1.54) is 38.3 Å². The highest BCUT2D eigenvalue weighted by Gasteiger charge is 2.31. The molecule has 1 aromatic rings. The summed E-state index contributed by atoms with van der Waals surface area (Å²) in [4.78, 5) is 12.0. The first kappa shape index (κ1) is 13.6. The van der Waals surface area contributed by atoms with Crippen LogP contribution >= 0.6 is 15.9 Å². The van der Waals surface area contributed by atoms with E-state index >= 15 is 0 Å². The van der Waals surface area contributed by atoms with Crippen molar-refractivity contribution in [1.82, 2.24) is 10.5 Å². The van der Waals surface area contributed by atoms with Gasteiger partial charge in [-0.25, -0.2) is 0 Å². The van der Waals surface area contributed by atoms with Crippen molar-refractivity contribution < 1.29 is 9.32 Å². The number of halogens is 1. The molecule has 18 heavy (non-hydrogen) atoms. The number of amides is 1. The highest BCUT2D eigenvalue weighted by Crippen LogP contribution is 2.37. The number of carbonyl (C=O) groups excluding carboxylic acids is 1. The third-order valence-electron chi connectivity index (χ3n) is 3.82. The van der Waals surface area contributed by atoms with Crippen LogP contribution in [-0.4, -0.2) is 22.9 Å². The van der Waals surface area contributed by atoms with Crippen LogP contribution in [0.4, 0.5) is 0 Å². The van der Waals surface area contributed by atoms with Crippen molar-refractivity contribution in [3.05, 3.63) is 17.5 Å². The van der Waals surface area contributed by atoms with Crippen LogP contribution < -0.4 is 5.32 Å². The van der Waals surface area contributed by atoms with Gasteiger partial charge in [0.1, 0.15) is 11.3 Å². The Balaban J connectivity index is 1.94. The molecule has 0 aliphatic heterocycles. The number of aryl methyl sites for hydroxylation is 1. The topological polar surface area (TPSA) is 55.1 Å². The number of nitrogens with one attached hydrogen (secondary N) is 1. The van der Waals surface area contributed by atoms with Gasteiger partial charge in [-0.15, -0.1) is 0 Å². The number of hydrogen-bond donors (Lipinski definition) is 1. The largest absolute Gasteiger partial charge is 0.361 e. The lowest BCUT2D eigenvalue weighted by Gasteiger charge is -2.35. The molecule has 1 amide bonds. The summed E-state index contributed by atoms with van der Waals surface area (Å²) in [6.45, 7) is 2.48. The lowest BCUT2D eigenvalue weighted by Crippen LogP contribution is -2.40. The molecule has 1 saturated carbocycles. The Morgan fingerprint density at radius 3 is 2.78 bits per heavy atom. The van der Waals surface area contributed by atoms with E-state index in [4.69, 9.17) is 4.52 Å². The lowest BCUT2D eigenvalue weighted by molar-refractivity contribution is 0.0920. The molecule has 0 spiro atoms. The van der Waals surface area contributed by atoms with Gasteiger partial charge in [0.25, 0.3) is 5.91 Å². The number of carbonyl (C=O) groups is 1. The van der Waals surface area contributed by atoms with Crippen LogP contribution in [-0.2, 0) is 0 Å². The first-order valence-electron chi connectivity index (χ1n) is 6.42. The van der Waals surface area contributed by atoms with Crippen molar-refractivity contribution in [3.63, 3.8) is 0 Å². The van der Waals surface area contributed by atoms with Crippen LogP contribution in [0.3, 0.4) is 0 Å². The van der Waals surface area contributed by atoms with Crippen molar-refractivity contribution in [2.75, 3.05) is 11.9 Å². The highest BCUT2D eigenvalue weighted by molar-refractivity contribution is 9.09. The molecule has 1 fully saturated rings. The Morgan fingerprint density at radius 2 is 2.22 bits per heavy atom. The predicted octanol–water partition coefficient (Wildman–Crippen LogP) is 3.06. The normalized spacial score (nSPS) is 18.6. The third-order valence-corrected chi connectivity index (χ3v) is 5.01. The van der Waals surface area contributed by atoms with Crippen LogP contribution in [0, 0.1) is 12.3 Å². The molecule has 1 aliphatic rings. The van der Waals surface area contributed by atoms with Crippen LogP contribution in [0.5, 0.6) is 0 Å². The van der Waals surface area contributed by atoms with Gasteiger partial charge in [0.15, 0.2) is 0 Å². The average molecular weight is 315 g/mol. The van der Waals surface area contributed by atoms with Gasteiger partial charge in [0, 0.05) is 11.9 Å². The molecule has 0 saturated heterocycles. The molecule has 2 rings (SSSR count). The monoisotopic (exact) mass is 314 g/mol. The van der Waals surface area contributed by atoms with E-state index in [1.807, 2.05) is 0 Å². The van der Waals surface area contributed by atoms with E-state index in [0.29, 0.717) is 11.3 Å². The summed E-state index contributed by atoms with van der Waals surface area (Å²) in [5, 5.41) is 7.60. The van der Waals surface area contributed by atoms with Gasteiger partial charge in [-0.1, -0.05) is 40.3 Å². The van der Waals surface area contributed by atoms with Gasteiger partial charge in [0.2, 0.25) is 0 Å². The summed E-state index contributed by atoms with van der Waals surface area (Å²) in [6.07, 6.45) is 7.67. The smallest absolute Gasteiger partial charge is 0.256 e. The van der Waals surface area contributed by atoms with Gasteiger partial charge in [0.05, 0.1) is 6.20 Å². The second-order valence-electron chi connectivity index (χ2n) is 5.17. The number of rotatable bonds is 4. The van der Waals surface area contributed by atoms with E-state index < -0.39 is 0 Å². The molecule has 0 atom stereocenters. The second kappa shape index (κ2) is 5.87. The molecular formula is C13H19BrN2O2. The van der Waals surface area contributed by atoms with Crippen molar-refractivity contribution >= 4 is 21.8 Å². The van der Waals surface area contributed by atoms with Gasteiger partial charge in [-0.3, -0.25) is 4.79 Å². The maximum Gasteiger partial charge on any atom is 0.256 e. The lowest BCUT2D eigenvalue weighted by atomic mass is 9.75. The molecule has 0 unspecified atom stereocenters. The van der Waals surface area contributed by atoms with E-state index in [1.54, 1.807) is 6.92 Å². The van der Waals surface area contributed by atoms with Crippen molar-refractivity contribution in [2.45, 2.75) is 39.0 Å². The second-order valence-corrected chi connectivity index (χ2v) is 5.73. The molecule has 1 N–H and O–H groups in total. The Hall–Kier alpha value is -0.840.